The Morgan fingerprint density at radius 1 is 1.25 bits per heavy atom. The fourth-order valence-electron chi connectivity index (χ4n) is 2.40. The summed E-state index contributed by atoms with van der Waals surface area (Å²) in [4.78, 5) is 10.3. The molecule has 3 N–H and O–H groups in total. The topological polar surface area (TPSA) is 77.8 Å². The number of rotatable bonds is 1. The Morgan fingerprint density at radius 2 is 1.85 bits per heavy atom. The minimum atomic E-state index is -1.11. The summed E-state index contributed by atoms with van der Waals surface area (Å²) < 4.78 is 0. The van der Waals surface area contributed by atoms with Crippen LogP contribution in [0.15, 0.2) is 24.3 Å². The molecule has 0 amide bonds. The molecule has 0 saturated heterocycles. The number of para-hydroxylation sites is 1. The van der Waals surface area contributed by atoms with Gasteiger partial charge >= 0.3 is 5.97 Å². The van der Waals surface area contributed by atoms with Crippen LogP contribution >= 0.6 is 0 Å². The first-order valence-corrected chi connectivity index (χ1v) is 6.93. The molecule has 0 heterocycles. The standard InChI is InChI=1S/C9H18O.C7H6O3/c1-7-4-5-8(10)6-9(7,2)3;8-6-4-2-1-3-5(6)7(9)10/h7-8,10H,4-6H2,1-3H3;1-4,8H,(H,9,10). The summed E-state index contributed by atoms with van der Waals surface area (Å²) in [5, 5.41) is 26.7. The molecule has 1 aliphatic rings. The number of aromatic carboxylic acids is 1. The molecular weight excluding hydrogens is 256 g/mol. The zero-order valence-electron chi connectivity index (χ0n) is 12.3. The maximum Gasteiger partial charge on any atom is 0.339 e. The Labute approximate surface area is 120 Å². The van der Waals surface area contributed by atoms with Crippen LogP contribution in [0.1, 0.15) is 50.4 Å². The van der Waals surface area contributed by atoms with Crippen molar-refractivity contribution in [2.24, 2.45) is 11.3 Å². The highest BCUT2D eigenvalue weighted by atomic mass is 16.4. The van der Waals surface area contributed by atoms with E-state index in [-0.39, 0.29) is 17.4 Å². The lowest BCUT2D eigenvalue weighted by molar-refractivity contribution is 0.0299. The van der Waals surface area contributed by atoms with E-state index in [0.29, 0.717) is 5.41 Å². The lowest BCUT2D eigenvalue weighted by atomic mass is 9.69. The van der Waals surface area contributed by atoms with Crippen molar-refractivity contribution in [2.45, 2.75) is 46.1 Å². The molecule has 1 aliphatic carbocycles. The molecule has 0 radical (unpaired) electrons. The Balaban J connectivity index is 0.000000200. The van der Waals surface area contributed by atoms with Crippen LogP contribution < -0.4 is 0 Å². The van der Waals surface area contributed by atoms with Crippen LogP contribution in [0.2, 0.25) is 0 Å². The van der Waals surface area contributed by atoms with Crippen molar-refractivity contribution >= 4 is 5.97 Å². The number of carboxylic acid groups (broad SMARTS) is 1. The highest BCUT2D eigenvalue weighted by Crippen LogP contribution is 2.39. The molecule has 1 fully saturated rings. The number of phenols is 1. The molecule has 1 aromatic rings. The van der Waals surface area contributed by atoms with E-state index >= 15 is 0 Å². The second-order valence-corrected chi connectivity index (χ2v) is 6.15. The zero-order chi connectivity index (χ0) is 15.3. The van der Waals surface area contributed by atoms with Gasteiger partial charge in [-0.05, 0) is 42.7 Å². The second-order valence-electron chi connectivity index (χ2n) is 6.15. The quantitative estimate of drug-likeness (QED) is 0.737. The average Bonchev–Trinajstić information content (AvgIpc) is 2.35. The van der Waals surface area contributed by atoms with Gasteiger partial charge in [-0.1, -0.05) is 32.9 Å². The minimum absolute atomic E-state index is 0.0359. The van der Waals surface area contributed by atoms with Crippen molar-refractivity contribution in [3.8, 4) is 5.75 Å². The van der Waals surface area contributed by atoms with Gasteiger partial charge in [-0.3, -0.25) is 0 Å². The fourth-order valence-corrected chi connectivity index (χ4v) is 2.40. The van der Waals surface area contributed by atoms with Gasteiger partial charge in [-0.2, -0.15) is 0 Å². The predicted octanol–water partition coefficient (Wildman–Crippen LogP) is 3.28. The Morgan fingerprint density at radius 3 is 2.25 bits per heavy atom. The normalized spacial score (nSPS) is 24.4. The molecule has 2 unspecified atom stereocenters. The summed E-state index contributed by atoms with van der Waals surface area (Å²) in [7, 11) is 0. The van der Waals surface area contributed by atoms with Gasteiger partial charge in [-0.25, -0.2) is 4.79 Å². The van der Waals surface area contributed by atoms with Gasteiger partial charge < -0.3 is 15.3 Å². The molecule has 4 heteroatoms. The lowest BCUT2D eigenvalue weighted by Crippen LogP contribution is -2.32. The number of carbonyl (C=O) groups is 1. The van der Waals surface area contributed by atoms with E-state index in [1.807, 2.05) is 0 Å². The van der Waals surface area contributed by atoms with Crippen LogP contribution in [0.5, 0.6) is 5.75 Å². The number of hydrogen-bond acceptors (Lipinski definition) is 3. The minimum Gasteiger partial charge on any atom is -0.507 e. The van der Waals surface area contributed by atoms with Gasteiger partial charge in [0.15, 0.2) is 0 Å². The second kappa shape index (κ2) is 6.75. The summed E-state index contributed by atoms with van der Waals surface area (Å²) in [5.41, 5.74) is 0.292. The number of benzene rings is 1. The first-order chi connectivity index (χ1) is 9.24. The van der Waals surface area contributed by atoms with Crippen molar-refractivity contribution in [2.75, 3.05) is 0 Å². The van der Waals surface area contributed by atoms with Crippen LogP contribution in [0.25, 0.3) is 0 Å². The smallest absolute Gasteiger partial charge is 0.339 e. The molecule has 0 spiro atoms. The number of carboxylic acids is 1. The average molecular weight is 280 g/mol. The molecule has 2 atom stereocenters. The predicted molar refractivity (Wildman–Crippen MR) is 77.9 cm³/mol. The van der Waals surface area contributed by atoms with E-state index in [4.69, 9.17) is 10.2 Å². The molecular formula is C16H24O4. The number of aliphatic hydroxyl groups is 1. The maximum atomic E-state index is 10.3. The summed E-state index contributed by atoms with van der Waals surface area (Å²) in [6.07, 6.45) is 3.14. The third-order valence-corrected chi connectivity index (χ3v) is 4.16. The van der Waals surface area contributed by atoms with Gasteiger partial charge in [-0.15, -0.1) is 0 Å². The zero-order valence-corrected chi connectivity index (χ0v) is 12.3. The van der Waals surface area contributed by atoms with Crippen LogP contribution in [0.3, 0.4) is 0 Å². The van der Waals surface area contributed by atoms with Crippen molar-refractivity contribution in [1.82, 2.24) is 0 Å². The summed E-state index contributed by atoms with van der Waals surface area (Å²) in [5.74, 6) is -0.538. The SMILES string of the molecule is CC1CCC(O)CC1(C)C.O=C(O)c1ccccc1O. The van der Waals surface area contributed by atoms with Gasteiger partial charge in [0.2, 0.25) is 0 Å². The van der Waals surface area contributed by atoms with Gasteiger partial charge in [0, 0.05) is 0 Å². The molecule has 0 bridgehead atoms. The first kappa shape index (κ1) is 16.5. The van der Waals surface area contributed by atoms with Crippen LogP contribution in [0.4, 0.5) is 0 Å². The molecule has 0 aliphatic heterocycles. The molecule has 20 heavy (non-hydrogen) atoms. The monoisotopic (exact) mass is 280 g/mol. The van der Waals surface area contributed by atoms with Gasteiger partial charge in [0.05, 0.1) is 6.10 Å². The van der Waals surface area contributed by atoms with E-state index in [0.717, 1.165) is 18.8 Å². The molecule has 1 aromatic carbocycles. The van der Waals surface area contributed by atoms with E-state index < -0.39 is 5.97 Å². The van der Waals surface area contributed by atoms with E-state index in [1.54, 1.807) is 12.1 Å². The first-order valence-electron chi connectivity index (χ1n) is 6.93. The molecule has 112 valence electrons. The Kier molecular flexibility index (Phi) is 5.57. The number of hydrogen-bond donors (Lipinski definition) is 3. The maximum absolute atomic E-state index is 10.3. The third-order valence-electron chi connectivity index (χ3n) is 4.16. The summed E-state index contributed by atoms with van der Waals surface area (Å²) in [6, 6.07) is 5.81. The van der Waals surface area contributed by atoms with Crippen LogP contribution in [0, 0.1) is 11.3 Å². The third kappa shape index (κ3) is 4.53. The number of aliphatic hydroxyl groups excluding tert-OH is 1. The van der Waals surface area contributed by atoms with E-state index in [9.17, 15) is 9.90 Å². The van der Waals surface area contributed by atoms with E-state index in [2.05, 4.69) is 20.8 Å². The van der Waals surface area contributed by atoms with Crippen molar-refractivity contribution in [1.29, 1.82) is 0 Å². The van der Waals surface area contributed by atoms with Crippen LogP contribution in [-0.4, -0.2) is 27.4 Å². The lowest BCUT2D eigenvalue weighted by Gasteiger charge is -2.38. The summed E-state index contributed by atoms with van der Waals surface area (Å²) >= 11 is 0. The Bertz CT molecular complexity index is 454. The van der Waals surface area contributed by atoms with Crippen molar-refractivity contribution < 1.29 is 20.1 Å². The molecule has 2 rings (SSSR count). The molecule has 1 saturated carbocycles. The van der Waals surface area contributed by atoms with Gasteiger partial charge in [0.1, 0.15) is 11.3 Å². The van der Waals surface area contributed by atoms with Crippen molar-refractivity contribution in [3.05, 3.63) is 29.8 Å². The summed E-state index contributed by atoms with van der Waals surface area (Å²) in [6.45, 7) is 6.78. The Hall–Kier alpha value is -1.55. The highest BCUT2D eigenvalue weighted by molar-refractivity contribution is 5.90. The van der Waals surface area contributed by atoms with Crippen LogP contribution in [-0.2, 0) is 0 Å². The largest absolute Gasteiger partial charge is 0.507 e. The molecule has 0 aromatic heterocycles. The van der Waals surface area contributed by atoms with Crippen molar-refractivity contribution in [3.63, 3.8) is 0 Å². The molecule has 4 nitrogen and oxygen atoms in total. The number of aromatic hydroxyl groups is 1. The fraction of sp³-hybridized carbons (Fsp3) is 0.562. The van der Waals surface area contributed by atoms with E-state index in [1.165, 1.54) is 18.6 Å². The highest BCUT2D eigenvalue weighted by Gasteiger charge is 2.32. The van der Waals surface area contributed by atoms with Gasteiger partial charge in [0.25, 0.3) is 0 Å².